The molecular weight excluding hydrogens is 256 g/mol. The SMILES string of the molecule is CNc1nc(NC2CCCCCC2O)c2cn[nH]c2n1. The fourth-order valence-corrected chi connectivity index (χ4v) is 2.69. The Morgan fingerprint density at radius 2 is 2.10 bits per heavy atom. The Kier molecular flexibility index (Phi) is 3.68. The summed E-state index contributed by atoms with van der Waals surface area (Å²) in [6, 6.07) is 0.0372. The highest BCUT2D eigenvalue weighted by atomic mass is 16.3. The second kappa shape index (κ2) is 5.62. The Hall–Kier alpha value is -1.89. The van der Waals surface area contributed by atoms with E-state index in [2.05, 4.69) is 30.8 Å². The first kappa shape index (κ1) is 13.1. The minimum absolute atomic E-state index is 0.0372. The van der Waals surface area contributed by atoms with E-state index in [1.165, 1.54) is 6.42 Å². The minimum Gasteiger partial charge on any atom is -0.391 e. The molecule has 0 radical (unpaired) electrons. The van der Waals surface area contributed by atoms with E-state index in [1.54, 1.807) is 13.2 Å². The molecule has 1 fully saturated rings. The number of H-pyrrole nitrogens is 1. The van der Waals surface area contributed by atoms with Crippen molar-refractivity contribution in [3.05, 3.63) is 6.20 Å². The summed E-state index contributed by atoms with van der Waals surface area (Å²) in [4.78, 5) is 8.75. The van der Waals surface area contributed by atoms with E-state index in [1.807, 2.05) is 0 Å². The molecule has 0 amide bonds. The number of fused-ring (bicyclic) bond motifs is 1. The van der Waals surface area contributed by atoms with Crippen LogP contribution in [0.25, 0.3) is 11.0 Å². The zero-order valence-electron chi connectivity index (χ0n) is 11.6. The van der Waals surface area contributed by atoms with Crippen LogP contribution in [0.2, 0.25) is 0 Å². The van der Waals surface area contributed by atoms with E-state index in [9.17, 15) is 5.11 Å². The maximum atomic E-state index is 10.2. The number of aromatic nitrogens is 4. The van der Waals surface area contributed by atoms with Gasteiger partial charge in [-0.25, -0.2) is 0 Å². The van der Waals surface area contributed by atoms with Crippen LogP contribution in [0.3, 0.4) is 0 Å². The van der Waals surface area contributed by atoms with Crippen molar-refractivity contribution >= 4 is 22.8 Å². The molecule has 0 bridgehead atoms. The molecule has 0 aromatic carbocycles. The third-order valence-electron chi connectivity index (χ3n) is 3.83. The van der Waals surface area contributed by atoms with Gasteiger partial charge in [-0.15, -0.1) is 0 Å². The van der Waals surface area contributed by atoms with Gasteiger partial charge < -0.3 is 15.7 Å². The van der Waals surface area contributed by atoms with Crippen molar-refractivity contribution in [1.82, 2.24) is 20.2 Å². The van der Waals surface area contributed by atoms with Gasteiger partial charge in [0.25, 0.3) is 0 Å². The molecule has 0 spiro atoms. The molecule has 2 aromatic heterocycles. The first-order valence-electron chi connectivity index (χ1n) is 7.11. The van der Waals surface area contributed by atoms with Crippen molar-refractivity contribution in [3.8, 4) is 0 Å². The summed E-state index contributed by atoms with van der Waals surface area (Å²) in [7, 11) is 1.78. The predicted octanol–water partition coefficient (Wildman–Crippen LogP) is 1.50. The number of hydrogen-bond acceptors (Lipinski definition) is 6. The summed E-state index contributed by atoms with van der Waals surface area (Å²) >= 11 is 0. The van der Waals surface area contributed by atoms with Gasteiger partial charge >= 0.3 is 0 Å². The lowest BCUT2D eigenvalue weighted by Crippen LogP contribution is -2.33. The number of anilines is 2. The van der Waals surface area contributed by atoms with Crippen LogP contribution in [-0.4, -0.2) is 44.5 Å². The van der Waals surface area contributed by atoms with Gasteiger partial charge in [0, 0.05) is 7.05 Å². The maximum Gasteiger partial charge on any atom is 0.226 e. The number of rotatable bonds is 3. The second-order valence-corrected chi connectivity index (χ2v) is 5.23. The lowest BCUT2D eigenvalue weighted by molar-refractivity contribution is 0.144. The van der Waals surface area contributed by atoms with Crippen molar-refractivity contribution in [2.75, 3.05) is 17.7 Å². The molecule has 2 heterocycles. The van der Waals surface area contributed by atoms with Crippen molar-refractivity contribution in [3.63, 3.8) is 0 Å². The van der Waals surface area contributed by atoms with Crippen LogP contribution in [0.5, 0.6) is 0 Å². The van der Waals surface area contributed by atoms with Crippen molar-refractivity contribution < 1.29 is 5.11 Å². The molecule has 1 aliphatic carbocycles. The van der Waals surface area contributed by atoms with Crippen LogP contribution >= 0.6 is 0 Å². The molecule has 7 heteroatoms. The predicted molar refractivity (Wildman–Crippen MR) is 77.7 cm³/mol. The van der Waals surface area contributed by atoms with Crippen molar-refractivity contribution in [2.24, 2.45) is 0 Å². The van der Waals surface area contributed by atoms with E-state index >= 15 is 0 Å². The summed E-state index contributed by atoms with van der Waals surface area (Å²) in [6.07, 6.45) is 6.59. The first-order valence-corrected chi connectivity index (χ1v) is 7.11. The van der Waals surface area contributed by atoms with Gasteiger partial charge in [-0.2, -0.15) is 15.1 Å². The molecule has 1 saturated carbocycles. The van der Waals surface area contributed by atoms with Gasteiger partial charge in [0.1, 0.15) is 5.82 Å². The Bertz CT molecular complexity index is 583. The van der Waals surface area contributed by atoms with Crippen LogP contribution in [-0.2, 0) is 0 Å². The Balaban J connectivity index is 1.90. The van der Waals surface area contributed by atoms with Gasteiger partial charge in [0.15, 0.2) is 5.65 Å². The lowest BCUT2D eigenvalue weighted by Gasteiger charge is -2.22. The molecular formula is C13H20N6O. The number of nitrogens with one attached hydrogen (secondary N) is 3. The highest BCUT2D eigenvalue weighted by Crippen LogP contribution is 2.25. The first-order chi connectivity index (χ1) is 9.78. The summed E-state index contributed by atoms with van der Waals surface area (Å²) in [6.45, 7) is 0. The van der Waals surface area contributed by atoms with Crippen LogP contribution in [0, 0.1) is 0 Å². The fourth-order valence-electron chi connectivity index (χ4n) is 2.69. The zero-order valence-corrected chi connectivity index (χ0v) is 11.6. The van der Waals surface area contributed by atoms with Crippen molar-refractivity contribution in [2.45, 2.75) is 44.2 Å². The van der Waals surface area contributed by atoms with Gasteiger partial charge in [-0.3, -0.25) is 5.10 Å². The van der Waals surface area contributed by atoms with Gasteiger partial charge in [-0.1, -0.05) is 19.3 Å². The third kappa shape index (κ3) is 2.53. The largest absolute Gasteiger partial charge is 0.391 e. The van der Waals surface area contributed by atoms with Gasteiger partial charge in [0.05, 0.1) is 23.7 Å². The second-order valence-electron chi connectivity index (χ2n) is 5.23. The number of aliphatic hydroxyl groups is 1. The van der Waals surface area contributed by atoms with E-state index in [4.69, 9.17) is 0 Å². The summed E-state index contributed by atoms with van der Waals surface area (Å²) in [5.41, 5.74) is 0.690. The van der Waals surface area contributed by atoms with E-state index in [0.29, 0.717) is 11.6 Å². The minimum atomic E-state index is -0.326. The molecule has 0 aliphatic heterocycles. The standard InChI is InChI=1S/C13H20N6O/c1-14-13-17-11(8-7-15-19-12(8)18-13)16-9-5-3-2-4-6-10(9)20/h7,9-10,20H,2-6H2,1H3,(H3,14,15,16,17,18,19). The maximum absolute atomic E-state index is 10.2. The van der Waals surface area contributed by atoms with E-state index in [0.717, 1.165) is 36.9 Å². The topological polar surface area (TPSA) is 98.8 Å². The van der Waals surface area contributed by atoms with Crippen molar-refractivity contribution in [1.29, 1.82) is 0 Å². The molecule has 4 N–H and O–H groups in total. The Morgan fingerprint density at radius 1 is 1.25 bits per heavy atom. The molecule has 0 saturated heterocycles. The molecule has 1 aliphatic rings. The average Bonchev–Trinajstić information content (AvgIpc) is 2.84. The van der Waals surface area contributed by atoms with Crippen LogP contribution in [0.4, 0.5) is 11.8 Å². The Morgan fingerprint density at radius 3 is 2.95 bits per heavy atom. The average molecular weight is 276 g/mol. The van der Waals surface area contributed by atoms with E-state index in [-0.39, 0.29) is 12.1 Å². The van der Waals surface area contributed by atoms with E-state index < -0.39 is 0 Å². The number of aromatic amines is 1. The normalized spacial score (nSPS) is 23.5. The number of nitrogens with zero attached hydrogens (tertiary/aromatic N) is 3. The highest BCUT2D eigenvalue weighted by molar-refractivity contribution is 5.87. The highest BCUT2D eigenvalue weighted by Gasteiger charge is 2.23. The molecule has 20 heavy (non-hydrogen) atoms. The molecule has 108 valence electrons. The third-order valence-corrected chi connectivity index (χ3v) is 3.83. The van der Waals surface area contributed by atoms with Crippen LogP contribution in [0.15, 0.2) is 6.20 Å². The van der Waals surface area contributed by atoms with Gasteiger partial charge in [0.2, 0.25) is 5.95 Å². The number of aliphatic hydroxyl groups excluding tert-OH is 1. The molecule has 2 atom stereocenters. The quantitative estimate of drug-likeness (QED) is 0.634. The fraction of sp³-hybridized carbons (Fsp3) is 0.615. The summed E-state index contributed by atoms with van der Waals surface area (Å²) in [5.74, 6) is 1.26. The zero-order chi connectivity index (χ0) is 13.9. The van der Waals surface area contributed by atoms with Gasteiger partial charge in [-0.05, 0) is 12.8 Å². The lowest BCUT2D eigenvalue weighted by atomic mass is 10.1. The summed E-state index contributed by atoms with van der Waals surface area (Å²) < 4.78 is 0. The molecule has 2 aromatic rings. The molecule has 7 nitrogen and oxygen atoms in total. The number of hydrogen-bond donors (Lipinski definition) is 4. The monoisotopic (exact) mass is 276 g/mol. The van der Waals surface area contributed by atoms with Crippen LogP contribution < -0.4 is 10.6 Å². The smallest absolute Gasteiger partial charge is 0.226 e. The molecule has 2 unspecified atom stereocenters. The van der Waals surface area contributed by atoms with Crippen LogP contribution in [0.1, 0.15) is 32.1 Å². The summed E-state index contributed by atoms with van der Waals surface area (Å²) in [5, 5.41) is 24.2. The molecule has 3 rings (SSSR count). The Labute approximate surface area is 117 Å².